The van der Waals surface area contributed by atoms with Crippen molar-refractivity contribution in [3.8, 4) is 0 Å². The average molecular weight is 365 g/mol. The molecule has 0 aliphatic heterocycles. The number of aliphatic hydroxyl groups is 1. The van der Waals surface area contributed by atoms with Gasteiger partial charge in [-0.2, -0.15) is 0 Å². The van der Waals surface area contributed by atoms with Crippen LogP contribution < -0.4 is 0 Å². The maximum absolute atomic E-state index is 12.6. The van der Waals surface area contributed by atoms with E-state index < -0.39 is 16.8 Å². The summed E-state index contributed by atoms with van der Waals surface area (Å²) < 4.78 is 11.7. The number of carbonyl (C=O) groups is 1. The topological polar surface area (TPSA) is 55.8 Å². The average Bonchev–Trinajstić information content (AvgIpc) is 2.86. The molecule has 1 N–H and O–H groups in total. The molecule has 4 rings (SSSR count). The molecule has 4 aliphatic rings. The van der Waals surface area contributed by atoms with Crippen LogP contribution in [-0.4, -0.2) is 36.5 Å². The zero-order chi connectivity index (χ0) is 19.0. The van der Waals surface area contributed by atoms with Crippen LogP contribution in [0.25, 0.3) is 0 Å². The maximum Gasteiger partial charge on any atom is 0.168 e. The third kappa shape index (κ3) is 2.04. The number of hydrogen-bond donors (Lipinski definition) is 1. The smallest absolute Gasteiger partial charge is 0.168 e. The van der Waals surface area contributed by atoms with Crippen LogP contribution in [0.2, 0.25) is 0 Å². The van der Waals surface area contributed by atoms with E-state index in [4.69, 9.17) is 9.47 Å². The van der Waals surface area contributed by atoms with Crippen molar-refractivity contribution in [3.05, 3.63) is 0 Å². The lowest BCUT2D eigenvalue weighted by Gasteiger charge is -2.67. The van der Waals surface area contributed by atoms with Crippen LogP contribution in [0.5, 0.6) is 0 Å². The normalized spacial score (nSPS) is 52.9. The van der Waals surface area contributed by atoms with Crippen LogP contribution in [0.1, 0.15) is 78.6 Å². The van der Waals surface area contributed by atoms with Gasteiger partial charge in [0.1, 0.15) is 5.78 Å². The summed E-state index contributed by atoms with van der Waals surface area (Å²) in [5.74, 6) is 0.559. The minimum Gasteiger partial charge on any atom is -0.389 e. The van der Waals surface area contributed by atoms with E-state index in [2.05, 4.69) is 13.8 Å². The monoisotopic (exact) mass is 364 g/mol. The van der Waals surface area contributed by atoms with Crippen molar-refractivity contribution < 1.29 is 19.4 Å². The van der Waals surface area contributed by atoms with Crippen molar-refractivity contribution in [2.75, 3.05) is 14.2 Å². The predicted octanol–water partition coefficient (Wildman–Crippen LogP) is 4.09. The molecule has 4 heteroatoms. The van der Waals surface area contributed by atoms with Gasteiger partial charge in [0.15, 0.2) is 5.79 Å². The van der Waals surface area contributed by atoms with Gasteiger partial charge in [0.2, 0.25) is 0 Å². The fourth-order valence-electron chi connectivity index (χ4n) is 7.78. The highest BCUT2D eigenvalue weighted by Gasteiger charge is 2.70. The van der Waals surface area contributed by atoms with Gasteiger partial charge in [0.05, 0.1) is 11.0 Å². The first-order chi connectivity index (χ1) is 12.1. The number of hydrogen-bond acceptors (Lipinski definition) is 4. The van der Waals surface area contributed by atoms with Crippen LogP contribution >= 0.6 is 0 Å². The van der Waals surface area contributed by atoms with Gasteiger partial charge in [0, 0.05) is 33.5 Å². The van der Waals surface area contributed by atoms with E-state index in [0.29, 0.717) is 24.5 Å². The molecule has 0 bridgehead atoms. The van der Waals surface area contributed by atoms with Gasteiger partial charge in [-0.25, -0.2) is 0 Å². The first-order valence-corrected chi connectivity index (χ1v) is 10.5. The Kier molecular flexibility index (Phi) is 4.03. The van der Waals surface area contributed by atoms with Crippen molar-refractivity contribution in [2.24, 2.45) is 28.1 Å². The van der Waals surface area contributed by atoms with Crippen LogP contribution in [-0.2, 0) is 14.3 Å². The summed E-state index contributed by atoms with van der Waals surface area (Å²) in [6, 6.07) is 0. The number of ether oxygens (including phenoxy) is 2. The molecule has 6 atom stereocenters. The number of fused-ring (bicyclic) bond motifs is 5. The second-order valence-electron chi connectivity index (χ2n) is 10.4. The zero-order valence-electron chi connectivity index (χ0n) is 17.2. The molecule has 0 unspecified atom stereocenters. The lowest BCUT2D eigenvalue weighted by Crippen LogP contribution is -2.65. The Hall–Kier alpha value is -0.450. The number of methoxy groups -OCH3 is 2. The Morgan fingerprint density at radius 3 is 2.23 bits per heavy atom. The highest BCUT2D eigenvalue weighted by atomic mass is 16.7. The second kappa shape index (κ2) is 5.55. The van der Waals surface area contributed by atoms with Gasteiger partial charge < -0.3 is 14.6 Å². The minimum absolute atomic E-state index is 0.144. The van der Waals surface area contributed by atoms with E-state index in [-0.39, 0.29) is 16.7 Å². The van der Waals surface area contributed by atoms with Gasteiger partial charge in [-0.1, -0.05) is 13.8 Å². The summed E-state index contributed by atoms with van der Waals surface area (Å²) in [5, 5.41) is 11.7. The van der Waals surface area contributed by atoms with E-state index >= 15 is 0 Å². The van der Waals surface area contributed by atoms with Crippen molar-refractivity contribution in [2.45, 2.75) is 89.9 Å². The van der Waals surface area contributed by atoms with Crippen molar-refractivity contribution in [3.63, 3.8) is 0 Å². The van der Waals surface area contributed by atoms with Gasteiger partial charge in [-0.15, -0.1) is 0 Å². The Labute approximate surface area is 158 Å². The second-order valence-corrected chi connectivity index (χ2v) is 10.4. The molecule has 4 saturated carbocycles. The Morgan fingerprint density at radius 2 is 1.58 bits per heavy atom. The fraction of sp³-hybridized carbons (Fsp3) is 0.955. The molecular weight excluding hydrogens is 328 g/mol. The lowest BCUT2D eigenvalue weighted by atomic mass is 9.39. The standard InChI is InChI=1S/C22H36O4/c1-18-9-6-16-15(7-10-20(3)17(23)8-11-22(16,20)24)19(18,2)12-13-21(14-18,25-4)26-5/h15-16,24H,6-14H2,1-5H3/t15-,16+,18-,19-,20-,22+/m0/s1. The quantitative estimate of drug-likeness (QED) is 0.750. The third-order valence-corrected chi connectivity index (χ3v) is 9.99. The summed E-state index contributed by atoms with van der Waals surface area (Å²) in [6.07, 6.45) is 8.10. The van der Waals surface area contributed by atoms with Crippen molar-refractivity contribution in [1.29, 1.82) is 0 Å². The maximum atomic E-state index is 12.6. The number of Topliss-reactive ketones (excluding diaryl/α,β-unsaturated/α-hetero) is 1. The number of ketones is 1. The Morgan fingerprint density at radius 1 is 0.923 bits per heavy atom. The highest BCUT2D eigenvalue weighted by Crippen LogP contribution is 2.71. The van der Waals surface area contributed by atoms with E-state index in [1.165, 1.54) is 0 Å². The molecule has 0 aromatic rings. The molecular formula is C22H36O4. The molecule has 4 aliphatic carbocycles. The highest BCUT2D eigenvalue weighted by molar-refractivity contribution is 5.88. The van der Waals surface area contributed by atoms with Crippen molar-refractivity contribution in [1.82, 2.24) is 0 Å². The first kappa shape index (κ1) is 18.9. The summed E-state index contributed by atoms with van der Waals surface area (Å²) in [4.78, 5) is 12.6. The fourth-order valence-corrected chi connectivity index (χ4v) is 7.78. The first-order valence-electron chi connectivity index (χ1n) is 10.5. The zero-order valence-corrected chi connectivity index (χ0v) is 17.2. The van der Waals surface area contributed by atoms with Gasteiger partial charge in [0.25, 0.3) is 0 Å². The van der Waals surface area contributed by atoms with Crippen LogP contribution in [0.4, 0.5) is 0 Å². The van der Waals surface area contributed by atoms with E-state index in [0.717, 1.165) is 44.9 Å². The van der Waals surface area contributed by atoms with Crippen molar-refractivity contribution >= 4 is 5.78 Å². The molecule has 0 amide bonds. The Bertz CT molecular complexity index is 613. The van der Waals surface area contributed by atoms with E-state index in [1.54, 1.807) is 14.2 Å². The molecule has 0 heterocycles. The summed E-state index contributed by atoms with van der Waals surface area (Å²) in [5.41, 5.74) is -1.01. The SMILES string of the molecule is COC1(OC)CC[C@@]2(C)[C@H]3CC[C@@]4(C)C(=O)CC[C@@]4(O)[C@@H]3CC[C@@]2(C)C1. The molecule has 0 aromatic carbocycles. The predicted molar refractivity (Wildman–Crippen MR) is 99.6 cm³/mol. The molecule has 0 aromatic heterocycles. The molecule has 148 valence electrons. The van der Waals surface area contributed by atoms with E-state index in [1.807, 2.05) is 6.92 Å². The van der Waals surface area contributed by atoms with Gasteiger partial charge in [-0.05, 0) is 68.1 Å². The third-order valence-electron chi connectivity index (χ3n) is 9.99. The van der Waals surface area contributed by atoms with E-state index in [9.17, 15) is 9.90 Å². The largest absolute Gasteiger partial charge is 0.389 e. The molecule has 0 saturated heterocycles. The van der Waals surface area contributed by atoms with Crippen LogP contribution in [0.15, 0.2) is 0 Å². The van der Waals surface area contributed by atoms with Gasteiger partial charge in [-0.3, -0.25) is 4.79 Å². The summed E-state index contributed by atoms with van der Waals surface area (Å²) >= 11 is 0. The number of rotatable bonds is 2. The lowest BCUT2D eigenvalue weighted by molar-refractivity contribution is -0.291. The summed E-state index contributed by atoms with van der Waals surface area (Å²) in [6.45, 7) is 6.89. The molecule has 0 radical (unpaired) electrons. The molecule has 4 nitrogen and oxygen atoms in total. The Balaban J connectivity index is 1.70. The number of carbonyl (C=O) groups excluding carboxylic acids is 1. The van der Waals surface area contributed by atoms with Crippen LogP contribution in [0, 0.1) is 28.1 Å². The summed E-state index contributed by atoms with van der Waals surface area (Å²) in [7, 11) is 3.53. The molecule has 4 fully saturated rings. The van der Waals surface area contributed by atoms with Crippen LogP contribution in [0.3, 0.4) is 0 Å². The van der Waals surface area contributed by atoms with Gasteiger partial charge >= 0.3 is 0 Å². The minimum atomic E-state index is -0.797. The molecule has 0 spiro atoms. The molecule has 26 heavy (non-hydrogen) atoms.